The molecule has 0 radical (unpaired) electrons. The molecule has 0 N–H and O–H groups in total. The first-order valence-corrected chi connectivity index (χ1v) is 8.87. The van der Waals surface area contributed by atoms with E-state index in [1.165, 1.54) is 41.7 Å². The standard InChI is InChI=1S/C20H22F2N2O/c21-19-4-3-15(7-20(19)22)10-24-6-5-18-16(11-24)8-23-9-17(18)13-25-12-14-1-2-14/h3-4,7-9,14H,1-2,5-6,10-13H2. The summed E-state index contributed by atoms with van der Waals surface area (Å²) < 4.78 is 32.3. The molecule has 2 aromatic rings. The fourth-order valence-corrected chi connectivity index (χ4v) is 3.40. The molecule has 2 heterocycles. The Balaban J connectivity index is 1.41. The lowest BCUT2D eigenvalue weighted by Gasteiger charge is -2.29. The lowest BCUT2D eigenvalue weighted by molar-refractivity contribution is 0.110. The van der Waals surface area contributed by atoms with Crippen LogP contribution in [0.3, 0.4) is 0 Å². The smallest absolute Gasteiger partial charge is 0.159 e. The molecule has 1 saturated carbocycles. The van der Waals surface area contributed by atoms with Crippen LogP contribution in [0.4, 0.5) is 8.78 Å². The molecule has 0 bridgehead atoms. The van der Waals surface area contributed by atoms with Gasteiger partial charge in [-0.05, 0) is 59.6 Å². The van der Waals surface area contributed by atoms with Gasteiger partial charge in [-0.2, -0.15) is 0 Å². The van der Waals surface area contributed by atoms with Crippen molar-refractivity contribution in [1.29, 1.82) is 0 Å². The first kappa shape index (κ1) is 16.6. The van der Waals surface area contributed by atoms with E-state index in [2.05, 4.69) is 9.88 Å². The Hall–Kier alpha value is -1.85. The molecule has 0 spiro atoms. The van der Waals surface area contributed by atoms with Crippen molar-refractivity contribution in [3.8, 4) is 0 Å². The van der Waals surface area contributed by atoms with Crippen molar-refractivity contribution in [2.45, 2.75) is 39.0 Å². The highest BCUT2D eigenvalue weighted by Crippen LogP contribution is 2.29. The van der Waals surface area contributed by atoms with Crippen molar-refractivity contribution in [1.82, 2.24) is 9.88 Å². The zero-order valence-corrected chi connectivity index (χ0v) is 14.2. The van der Waals surface area contributed by atoms with E-state index in [1.54, 1.807) is 6.07 Å². The molecule has 132 valence electrons. The van der Waals surface area contributed by atoms with E-state index in [4.69, 9.17) is 4.74 Å². The van der Waals surface area contributed by atoms with Gasteiger partial charge in [0.2, 0.25) is 0 Å². The van der Waals surface area contributed by atoms with Gasteiger partial charge in [0.25, 0.3) is 0 Å². The van der Waals surface area contributed by atoms with Crippen molar-refractivity contribution in [3.05, 3.63) is 64.5 Å². The SMILES string of the molecule is Fc1ccc(CN2CCc3c(COCC4CC4)cncc3C2)cc1F. The number of fused-ring (bicyclic) bond motifs is 1. The van der Waals surface area contributed by atoms with Crippen molar-refractivity contribution in [3.63, 3.8) is 0 Å². The first-order chi connectivity index (χ1) is 12.2. The van der Waals surface area contributed by atoms with Gasteiger partial charge in [-0.25, -0.2) is 8.78 Å². The molecule has 5 heteroatoms. The summed E-state index contributed by atoms with van der Waals surface area (Å²) >= 11 is 0. The second kappa shape index (κ2) is 7.18. The minimum Gasteiger partial charge on any atom is -0.376 e. The van der Waals surface area contributed by atoms with Gasteiger partial charge in [-0.15, -0.1) is 0 Å². The van der Waals surface area contributed by atoms with Crippen molar-refractivity contribution in [2.24, 2.45) is 5.92 Å². The number of nitrogens with zero attached hydrogens (tertiary/aromatic N) is 2. The molecule has 25 heavy (non-hydrogen) atoms. The first-order valence-electron chi connectivity index (χ1n) is 8.87. The Labute approximate surface area is 146 Å². The summed E-state index contributed by atoms with van der Waals surface area (Å²) in [7, 11) is 0. The average molecular weight is 344 g/mol. The molecule has 0 saturated heterocycles. The molecule has 4 rings (SSSR count). The zero-order valence-electron chi connectivity index (χ0n) is 14.2. The Morgan fingerprint density at radius 3 is 2.84 bits per heavy atom. The van der Waals surface area contributed by atoms with Gasteiger partial charge in [-0.1, -0.05) is 6.07 Å². The third kappa shape index (κ3) is 4.05. The number of rotatable bonds is 6. The van der Waals surface area contributed by atoms with Crippen LogP contribution in [-0.4, -0.2) is 23.0 Å². The highest BCUT2D eigenvalue weighted by Gasteiger charge is 2.23. The number of aromatic nitrogens is 1. The van der Waals surface area contributed by atoms with E-state index in [9.17, 15) is 8.78 Å². The normalized spacial score (nSPS) is 17.5. The van der Waals surface area contributed by atoms with Crippen LogP contribution in [0.25, 0.3) is 0 Å². The predicted octanol–water partition coefficient (Wildman–Crippen LogP) is 3.84. The summed E-state index contributed by atoms with van der Waals surface area (Å²) in [6.45, 7) is 3.77. The topological polar surface area (TPSA) is 25.4 Å². The summed E-state index contributed by atoms with van der Waals surface area (Å²) in [5.41, 5.74) is 4.53. The van der Waals surface area contributed by atoms with E-state index >= 15 is 0 Å². The Kier molecular flexibility index (Phi) is 4.77. The molecular weight excluding hydrogens is 322 g/mol. The molecule has 2 aliphatic rings. The molecule has 0 atom stereocenters. The molecule has 1 aliphatic carbocycles. The molecule has 3 nitrogen and oxygen atoms in total. The number of benzene rings is 1. The second-order valence-electron chi connectivity index (χ2n) is 7.10. The van der Waals surface area contributed by atoms with Crippen molar-refractivity contribution < 1.29 is 13.5 Å². The third-order valence-corrected chi connectivity index (χ3v) is 5.01. The van der Waals surface area contributed by atoms with Gasteiger partial charge in [-0.3, -0.25) is 9.88 Å². The maximum Gasteiger partial charge on any atom is 0.159 e. The average Bonchev–Trinajstić information content (AvgIpc) is 3.42. The van der Waals surface area contributed by atoms with E-state index in [0.717, 1.165) is 37.6 Å². The quantitative estimate of drug-likeness (QED) is 0.796. The zero-order chi connectivity index (χ0) is 17.2. The lowest BCUT2D eigenvalue weighted by Crippen LogP contribution is -2.31. The minimum absolute atomic E-state index is 0.610. The fourth-order valence-electron chi connectivity index (χ4n) is 3.40. The lowest BCUT2D eigenvalue weighted by atomic mass is 9.97. The van der Waals surface area contributed by atoms with Gasteiger partial charge in [0.1, 0.15) is 0 Å². The van der Waals surface area contributed by atoms with Crippen molar-refractivity contribution >= 4 is 0 Å². The molecule has 1 aromatic heterocycles. The third-order valence-electron chi connectivity index (χ3n) is 5.01. The van der Waals surface area contributed by atoms with Gasteiger partial charge >= 0.3 is 0 Å². The van der Waals surface area contributed by atoms with Crippen molar-refractivity contribution in [2.75, 3.05) is 13.2 Å². The number of pyridine rings is 1. The molecule has 0 unspecified atom stereocenters. The van der Waals surface area contributed by atoms with E-state index in [0.29, 0.717) is 13.2 Å². The van der Waals surface area contributed by atoms with Crippen LogP contribution in [0.1, 0.15) is 35.1 Å². The molecular formula is C20H22F2N2O. The minimum atomic E-state index is -0.798. The largest absolute Gasteiger partial charge is 0.376 e. The van der Waals surface area contributed by atoms with Crippen LogP contribution in [-0.2, 0) is 30.9 Å². The summed E-state index contributed by atoms with van der Waals surface area (Å²) in [6, 6.07) is 4.12. The Bertz CT molecular complexity index is 761. The van der Waals surface area contributed by atoms with Gasteiger partial charge in [0.15, 0.2) is 11.6 Å². The summed E-state index contributed by atoms with van der Waals surface area (Å²) in [4.78, 5) is 6.60. The van der Waals surface area contributed by atoms with Crippen LogP contribution in [0.2, 0.25) is 0 Å². The van der Waals surface area contributed by atoms with Gasteiger partial charge < -0.3 is 4.74 Å². The van der Waals surface area contributed by atoms with Crippen LogP contribution in [0.5, 0.6) is 0 Å². The Morgan fingerprint density at radius 2 is 2.04 bits per heavy atom. The number of hydrogen-bond donors (Lipinski definition) is 0. The second-order valence-corrected chi connectivity index (χ2v) is 7.10. The van der Waals surface area contributed by atoms with Gasteiger partial charge in [0, 0.05) is 38.6 Å². The molecule has 1 aliphatic heterocycles. The molecule has 1 aromatic carbocycles. The fraction of sp³-hybridized carbons (Fsp3) is 0.450. The summed E-state index contributed by atoms with van der Waals surface area (Å²) in [5.74, 6) is -0.821. The number of ether oxygens (including phenoxy) is 1. The van der Waals surface area contributed by atoms with E-state index < -0.39 is 11.6 Å². The Morgan fingerprint density at radius 1 is 1.16 bits per heavy atom. The highest BCUT2D eigenvalue weighted by molar-refractivity contribution is 5.33. The van der Waals surface area contributed by atoms with Crippen LogP contribution in [0, 0.1) is 17.6 Å². The maximum atomic E-state index is 13.4. The van der Waals surface area contributed by atoms with E-state index in [1.807, 2.05) is 12.4 Å². The summed E-state index contributed by atoms with van der Waals surface area (Å²) in [5, 5.41) is 0. The van der Waals surface area contributed by atoms with Crippen LogP contribution in [0.15, 0.2) is 30.6 Å². The highest BCUT2D eigenvalue weighted by atomic mass is 19.2. The molecule has 0 amide bonds. The van der Waals surface area contributed by atoms with Crippen LogP contribution < -0.4 is 0 Å². The number of hydrogen-bond acceptors (Lipinski definition) is 3. The van der Waals surface area contributed by atoms with E-state index in [-0.39, 0.29) is 0 Å². The van der Waals surface area contributed by atoms with Crippen LogP contribution >= 0.6 is 0 Å². The maximum absolute atomic E-state index is 13.4. The monoisotopic (exact) mass is 344 g/mol. The van der Waals surface area contributed by atoms with Gasteiger partial charge in [0.05, 0.1) is 6.61 Å². The molecule has 1 fully saturated rings. The number of halogens is 2. The summed E-state index contributed by atoms with van der Waals surface area (Å²) in [6.07, 6.45) is 7.35. The predicted molar refractivity (Wildman–Crippen MR) is 90.8 cm³/mol.